The van der Waals surface area contributed by atoms with Crippen molar-refractivity contribution >= 4 is 17.5 Å². The van der Waals surface area contributed by atoms with Gasteiger partial charge in [0, 0.05) is 18.1 Å². The molecule has 0 fully saturated rings. The van der Waals surface area contributed by atoms with Crippen molar-refractivity contribution in [2.45, 2.75) is 31.9 Å². The van der Waals surface area contributed by atoms with Gasteiger partial charge in [-0.1, -0.05) is 54.1 Å². The van der Waals surface area contributed by atoms with Crippen molar-refractivity contribution in [2.75, 3.05) is 6.54 Å². The van der Waals surface area contributed by atoms with Gasteiger partial charge in [0.1, 0.15) is 0 Å². The lowest BCUT2D eigenvalue weighted by Gasteiger charge is -2.35. The van der Waals surface area contributed by atoms with E-state index in [2.05, 4.69) is 0 Å². The minimum absolute atomic E-state index is 0.0597. The molecular formula is C19H20ClNO2. The molecule has 23 heavy (non-hydrogen) atoms. The highest BCUT2D eigenvalue weighted by molar-refractivity contribution is 6.31. The first-order valence-electron chi connectivity index (χ1n) is 7.84. The molecule has 0 bridgehead atoms. The molecule has 0 radical (unpaired) electrons. The Morgan fingerprint density at radius 3 is 2.70 bits per heavy atom. The van der Waals surface area contributed by atoms with Gasteiger partial charge in [0.05, 0.1) is 12.0 Å². The second-order valence-corrected chi connectivity index (χ2v) is 6.52. The fourth-order valence-electron chi connectivity index (χ4n) is 3.10. The van der Waals surface area contributed by atoms with Crippen LogP contribution < -0.4 is 0 Å². The molecular weight excluding hydrogens is 310 g/mol. The Labute approximate surface area is 141 Å². The predicted octanol–water partition coefficient (Wildman–Crippen LogP) is 3.39. The van der Waals surface area contributed by atoms with Crippen LogP contribution in [0.4, 0.5) is 0 Å². The topological polar surface area (TPSA) is 40.5 Å². The standard InChI is InChI=1S/C19H20ClNO2/c1-13(22)11-21(12-14-6-3-2-4-7-14)19(23)17-10-16-15(17)8-5-9-18(16)20/h2-9,13,17,22H,10-12H2,1H3. The first-order valence-corrected chi connectivity index (χ1v) is 8.22. The van der Waals surface area contributed by atoms with E-state index < -0.39 is 6.10 Å². The third-order valence-electron chi connectivity index (χ3n) is 4.25. The van der Waals surface area contributed by atoms with Crippen molar-refractivity contribution < 1.29 is 9.90 Å². The van der Waals surface area contributed by atoms with E-state index in [1.807, 2.05) is 48.5 Å². The molecule has 0 saturated heterocycles. The maximum Gasteiger partial charge on any atom is 0.230 e. The Morgan fingerprint density at radius 2 is 2.00 bits per heavy atom. The van der Waals surface area contributed by atoms with Crippen LogP contribution in [0, 0.1) is 0 Å². The van der Waals surface area contributed by atoms with Gasteiger partial charge in [-0.2, -0.15) is 0 Å². The Morgan fingerprint density at radius 1 is 1.26 bits per heavy atom. The minimum atomic E-state index is -0.554. The van der Waals surface area contributed by atoms with Crippen molar-refractivity contribution in [3.8, 4) is 0 Å². The summed E-state index contributed by atoms with van der Waals surface area (Å²) in [6.45, 7) is 2.55. The number of fused-ring (bicyclic) bond motifs is 1. The number of aliphatic hydroxyl groups excluding tert-OH is 1. The van der Waals surface area contributed by atoms with Crippen LogP contribution in [0.2, 0.25) is 5.02 Å². The molecule has 1 N–H and O–H groups in total. The summed E-state index contributed by atoms with van der Waals surface area (Å²) >= 11 is 6.16. The maximum atomic E-state index is 12.9. The van der Waals surface area contributed by atoms with E-state index in [0.29, 0.717) is 19.5 Å². The van der Waals surface area contributed by atoms with Crippen LogP contribution in [-0.2, 0) is 17.8 Å². The summed E-state index contributed by atoms with van der Waals surface area (Å²) in [6.07, 6.45) is 0.125. The van der Waals surface area contributed by atoms with Crippen molar-refractivity contribution in [1.82, 2.24) is 4.90 Å². The SMILES string of the molecule is CC(O)CN(Cc1ccccc1)C(=O)C1Cc2c(Cl)cccc21. The predicted molar refractivity (Wildman–Crippen MR) is 91.4 cm³/mol. The molecule has 0 spiro atoms. The molecule has 2 unspecified atom stereocenters. The summed E-state index contributed by atoms with van der Waals surface area (Å²) in [5.41, 5.74) is 3.16. The molecule has 2 aromatic rings. The summed E-state index contributed by atoms with van der Waals surface area (Å²) in [5.74, 6) is -0.0873. The highest BCUT2D eigenvalue weighted by Gasteiger charge is 2.36. The molecule has 0 aromatic heterocycles. The number of rotatable bonds is 5. The van der Waals surface area contributed by atoms with Gasteiger partial charge in [0.25, 0.3) is 0 Å². The first-order chi connectivity index (χ1) is 11.1. The number of carbonyl (C=O) groups is 1. The molecule has 1 aliphatic carbocycles. The van der Waals surface area contributed by atoms with E-state index in [1.54, 1.807) is 11.8 Å². The number of hydrogen-bond acceptors (Lipinski definition) is 2. The van der Waals surface area contributed by atoms with Crippen LogP contribution >= 0.6 is 11.6 Å². The number of hydrogen-bond donors (Lipinski definition) is 1. The zero-order chi connectivity index (χ0) is 16.4. The minimum Gasteiger partial charge on any atom is -0.392 e. The second kappa shape index (κ2) is 6.73. The highest BCUT2D eigenvalue weighted by atomic mass is 35.5. The Balaban J connectivity index is 1.79. The number of carbonyl (C=O) groups excluding carboxylic acids is 1. The number of halogens is 1. The summed E-state index contributed by atoms with van der Waals surface area (Å²) in [5, 5.41) is 10.5. The third-order valence-corrected chi connectivity index (χ3v) is 4.60. The molecule has 0 saturated carbocycles. The summed E-state index contributed by atoms with van der Waals surface area (Å²) in [7, 11) is 0. The Kier molecular flexibility index (Phi) is 4.69. The lowest BCUT2D eigenvalue weighted by molar-refractivity contribution is -0.135. The first kappa shape index (κ1) is 16.0. The molecule has 3 rings (SSSR count). The van der Waals surface area contributed by atoms with E-state index in [0.717, 1.165) is 21.7 Å². The van der Waals surface area contributed by atoms with Gasteiger partial charge in [-0.05, 0) is 36.1 Å². The Hall–Kier alpha value is -1.84. The van der Waals surface area contributed by atoms with Crippen LogP contribution in [0.1, 0.15) is 29.5 Å². The van der Waals surface area contributed by atoms with Crippen LogP contribution in [0.25, 0.3) is 0 Å². The molecule has 3 nitrogen and oxygen atoms in total. The third kappa shape index (κ3) is 3.41. The molecule has 2 aromatic carbocycles. The number of nitrogens with zero attached hydrogens (tertiary/aromatic N) is 1. The molecule has 120 valence electrons. The van der Waals surface area contributed by atoms with Crippen molar-refractivity contribution in [2.24, 2.45) is 0 Å². The fraction of sp³-hybridized carbons (Fsp3) is 0.316. The molecule has 2 atom stereocenters. The monoisotopic (exact) mass is 329 g/mol. The second-order valence-electron chi connectivity index (χ2n) is 6.12. The zero-order valence-corrected chi connectivity index (χ0v) is 13.8. The van der Waals surface area contributed by atoms with Crippen LogP contribution in [-0.4, -0.2) is 28.6 Å². The van der Waals surface area contributed by atoms with Gasteiger partial charge >= 0.3 is 0 Å². The van der Waals surface area contributed by atoms with Gasteiger partial charge in [-0.25, -0.2) is 0 Å². The number of aliphatic hydroxyl groups is 1. The van der Waals surface area contributed by atoms with Crippen molar-refractivity contribution in [1.29, 1.82) is 0 Å². The average molecular weight is 330 g/mol. The van der Waals surface area contributed by atoms with Gasteiger partial charge < -0.3 is 10.0 Å². The van der Waals surface area contributed by atoms with E-state index in [1.165, 1.54) is 0 Å². The molecule has 1 amide bonds. The summed E-state index contributed by atoms with van der Waals surface area (Å²) in [6, 6.07) is 15.6. The van der Waals surface area contributed by atoms with Crippen molar-refractivity contribution in [3.63, 3.8) is 0 Å². The molecule has 1 aliphatic rings. The molecule has 0 heterocycles. The van der Waals surface area contributed by atoms with E-state index in [4.69, 9.17) is 11.6 Å². The summed E-state index contributed by atoms with van der Waals surface area (Å²) < 4.78 is 0. The van der Waals surface area contributed by atoms with Gasteiger partial charge in [0.15, 0.2) is 0 Å². The molecule has 4 heteroatoms. The normalized spacial score (nSPS) is 17.1. The number of benzene rings is 2. The van der Waals surface area contributed by atoms with Crippen LogP contribution in [0.3, 0.4) is 0 Å². The van der Waals surface area contributed by atoms with Gasteiger partial charge in [-0.15, -0.1) is 0 Å². The summed E-state index contributed by atoms with van der Waals surface area (Å²) in [4.78, 5) is 14.7. The maximum absolute atomic E-state index is 12.9. The van der Waals surface area contributed by atoms with Crippen LogP contribution in [0.5, 0.6) is 0 Å². The smallest absolute Gasteiger partial charge is 0.230 e. The fourth-order valence-corrected chi connectivity index (χ4v) is 3.36. The van der Waals surface area contributed by atoms with E-state index in [-0.39, 0.29) is 11.8 Å². The average Bonchev–Trinajstić information content (AvgIpc) is 2.49. The largest absolute Gasteiger partial charge is 0.392 e. The van der Waals surface area contributed by atoms with Crippen LogP contribution in [0.15, 0.2) is 48.5 Å². The van der Waals surface area contributed by atoms with Gasteiger partial charge in [-0.3, -0.25) is 4.79 Å². The number of amides is 1. The quantitative estimate of drug-likeness (QED) is 0.913. The lowest BCUT2D eigenvalue weighted by atomic mass is 9.76. The highest BCUT2D eigenvalue weighted by Crippen LogP contribution is 2.40. The lowest BCUT2D eigenvalue weighted by Crippen LogP contribution is -2.42. The Bertz CT molecular complexity index is 700. The van der Waals surface area contributed by atoms with Gasteiger partial charge in [0.2, 0.25) is 5.91 Å². The zero-order valence-electron chi connectivity index (χ0n) is 13.1. The van der Waals surface area contributed by atoms with E-state index >= 15 is 0 Å². The van der Waals surface area contributed by atoms with E-state index in [9.17, 15) is 9.90 Å². The molecule has 0 aliphatic heterocycles. The van der Waals surface area contributed by atoms with Crippen molar-refractivity contribution in [3.05, 3.63) is 70.2 Å².